The number of hydrogen-bond donors (Lipinski definition) is 1. The van der Waals surface area contributed by atoms with E-state index in [0.717, 1.165) is 12.8 Å². The first-order valence-electron chi connectivity index (χ1n) is 11.7. The fourth-order valence-electron chi connectivity index (χ4n) is 6.24. The molecule has 0 saturated heterocycles. The normalized spacial score (nSPS) is 32.0. The zero-order chi connectivity index (χ0) is 19.0. The average Bonchev–Trinajstić information content (AvgIpc) is 2.62. The standard InChI is InChI=1S/C24H44O2.Mo/c1-4-6-9-15-20-17-24(3,16-12-7-5-2)18-21(22(20)23(25)26)19-13-10-8-11-14-19;/h19-22H,4-18H2,1-3H3,(H,25,26);. The van der Waals surface area contributed by atoms with Crippen molar-refractivity contribution in [2.45, 2.75) is 117 Å². The summed E-state index contributed by atoms with van der Waals surface area (Å²) in [5.41, 5.74) is 0.375. The molecule has 0 aromatic carbocycles. The summed E-state index contributed by atoms with van der Waals surface area (Å²) in [6.45, 7) is 7.01. The summed E-state index contributed by atoms with van der Waals surface area (Å²) in [6.07, 6.45) is 18.9. The van der Waals surface area contributed by atoms with E-state index in [0.29, 0.717) is 23.2 Å². The quantitative estimate of drug-likeness (QED) is 0.271. The van der Waals surface area contributed by atoms with Gasteiger partial charge in [-0.25, -0.2) is 0 Å². The van der Waals surface area contributed by atoms with E-state index in [1.165, 1.54) is 83.5 Å². The van der Waals surface area contributed by atoms with Gasteiger partial charge in [-0.15, -0.1) is 0 Å². The molecule has 0 aromatic rings. The summed E-state index contributed by atoms with van der Waals surface area (Å²) in [5, 5.41) is 10.2. The van der Waals surface area contributed by atoms with E-state index in [9.17, 15) is 9.90 Å². The minimum absolute atomic E-state index is 0. The van der Waals surface area contributed by atoms with Crippen LogP contribution >= 0.6 is 0 Å². The Morgan fingerprint density at radius 3 is 2.19 bits per heavy atom. The molecule has 0 amide bonds. The Morgan fingerprint density at radius 2 is 1.59 bits per heavy atom. The zero-order valence-corrected chi connectivity index (χ0v) is 20.2. The van der Waals surface area contributed by atoms with Crippen LogP contribution in [-0.2, 0) is 25.9 Å². The van der Waals surface area contributed by atoms with Crippen LogP contribution in [0.25, 0.3) is 0 Å². The maximum absolute atomic E-state index is 12.3. The fraction of sp³-hybridized carbons (Fsp3) is 0.958. The van der Waals surface area contributed by atoms with Crippen LogP contribution in [0.2, 0.25) is 0 Å². The van der Waals surface area contributed by atoms with Crippen LogP contribution in [-0.4, -0.2) is 11.1 Å². The average molecular weight is 461 g/mol. The molecule has 2 saturated carbocycles. The summed E-state index contributed by atoms with van der Waals surface area (Å²) in [4.78, 5) is 12.3. The first-order chi connectivity index (χ1) is 12.5. The first kappa shape index (κ1) is 25.2. The van der Waals surface area contributed by atoms with Crippen molar-refractivity contribution in [1.29, 1.82) is 0 Å². The van der Waals surface area contributed by atoms with Crippen molar-refractivity contribution in [3.8, 4) is 0 Å². The number of aliphatic carboxylic acids is 1. The van der Waals surface area contributed by atoms with Gasteiger partial charge in [0.05, 0.1) is 5.92 Å². The van der Waals surface area contributed by atoms with Gasteiger partial charge in [0.1, 0.15) is 0 Å². The first-order valence-corrected chi connectivity index (χ1v) is 11.7. The molecule has 0 spiro atoms. The maximum atomic E-state index is 12.3. The van der Waals surface area contributed by atoms with Crippen LogP contribution in [0.5, 0.6) is 0 Å². The number of hydrogen-bond acceptors (Lipinski definition) is 1. The van der Waals surface area contributed by atoms with Crippen molar-refractivity contribution in [3.63, 3.8) is 0 Å². The van der Waals surface area contributed by atoms with Crippen LogP contribution in [0.3, 0.4) is 0 Å². The van der Waals surface area contributed by atoms with Crippen LogP contribution in [0.1, 0.15) is 117 Å². The van der Waals surface area contributed by atoms with E-state index >= 15 is 0 Å². The molecule has 2 rings (SSSR count). The number of carbonyl (C=O) groups is 1. The van der Waals surface area contributed by atoms with Crippen molar-refractivity contribution in [3.05, 3.63) is 0 Å². The van der Waals surface area contributed by atoms with Gasteiger partial charge in [-0.05, 0) is 48.9 Å². The zero-order valence-electron chi connectivity index (χ0n) is 18.2. The molecule has 158 valence electrons. The van der Waals surface area contributed by atoms with E-state index in [1.807, 2.05) is 0 Å². The van der Waals surface area contributed by atoms with E-state index in [-0.39, 0.29) is 27.0 Å². The molecule has 2 aliphatic rings. The van der Waals surface area contributed by atoms with Gasteiger partial charge in [-0.3, -0.25) is 4.79 Å². The molecule has 3 heteroatoms. The van der Waals surface area contributed by atoms with Crippen molar-refractivity contribution in [1.82, 2.24) is 0 Å². The predicted molar refractivity (Wildman–Crippen MR) is 110 cm³/mol. The Hall–Kier alpha value is 0.158. The molecule has 0 aliphatic heterocycles. The predicted octanol–water partition coefficient (Wildman–Crippen LogP) is 7.46. The molecule has 0 aromatic heterocycles. The molecular formula is C24H44MoO2. The molecule has 2 nitrogen and oxygen atoms in total. The van der Waals surface area contributed by atoms with Gasteiger partial charge in [0, 0.05) is 21.1 Å². The topological polar surface area (TPSA) is 37.3 Å². The van der Waals surface area contributed by atoms with Crippen LogP contribution < -0.4 is 0 Å². The third kappa shape index (κ3) is 7.49. The Labute approximate surface area is 182 Å². The van der Waals surface area contributed by atoms with E-state index in [4.69, 9.17) is 0 Å². The van der Waals surface area contributed by atoms with Gasteiger partial charge in [0.15, 0.2) is 0 Å². The van der Waals surface area contributed by atoms with Crippen molar-refractivity contribution < 1.29 is 31.0 Å². The van der Waals surface area contributed by atoms with Gasteiger partial charge >= 0.3 is 5.97 Å². The number of carboxylic acid groups (broad SMARTS) is 1. The van der Waals surface area contributed by atoms with E-state index in [2.05, 4.69) is 20.8 Å². The monoisotopic (exact) mass is 462 g/mol. The SMILES string of the molecule is CCCCCC1CC(C)(CCCCC)CC(C2CCCCC2)C1C(=O)O.[Mo]. The van der Waals surface area contributed by atoms with Gasteiger partial charge in [0.25, 0.3) is 0 Å². The second-order valence-electron chi connectivity index (χ2n) is 9.86. The van der Waals surface area contributed by atoms with Gasteiger partial charge in [-0.2, -0.15) is 0 Å². The molecule has 2 aliphatic carbocycles. The van der Waals surface area contributed by atoms with Crippen molar-refractivity contribution >= 4 is 5.97 Å². The minimum atomic E-state index is -0.488. The third-order valence-corrected chi connectivity index (χ3v) is 7.56. The third-order valence-electron chi connectivity index (χ3n) is 7.56. The molecule has 4 unspecified atom stereocenters. The number of carboxylic acids is 1. The molecule has 2 fully saturated rings. The number of unbranched alkanes of at least 4 members (excludes halogenated alkanes) is 4. The molecule has 0 radical (unpaired) electrons. The van der Waals surface area contributed by atoms with Crippen LogP contribution in [0.4, 0.5) is 0 Å². The van der Waals surface area contributed by atoms with Crippen LogP contribution in [0, 0.1) is 29.1 Å². The van der Waals surface area contributed by atoms with Crippen LogP contribution in [0.15, 0.2) is 0 Å². The summed E-state index contributed by atoms with van der Waals surface area (Å²) in [7, 11) is 0. The van der Waals surface area contributed by atoms with E-state index in [1.54, 1.807) is 0 Å². The minimum Gasteiger partial charge on any atom is -0.481 e. The summed E-state index contributed by atoms with van der Waals surface area (Å²) < 4.78 is 0. The Bertz CT molecular complexity index is 419. The van der Waals surface area contributed by atoms with Gasteiger partial charge in [-0.1, -0.05) is 91.4 Å². The van der Waals surface area contributed by atoms with E-state index < -0.39 is 5.97 Å². The smallest absolute Gasteiger partial charge is 0.307 e. The Balaban J connectivity index is 0.00000364. The number of rotatable bonds is 10. The van der Waals surface area contributed by atoms with Crippen molar-refractivity contribution in [2.75, 3.05) is 0 Å². The maximum Gasteiger partial charge on any atom is 0.307 e. The molecular weight excluding hydrogens is 416 g/mol. The second kappa shape index (κ2) is 12.7. The van der Waals surface area contributed by atoms with Gasteiger partial charge < -0.3 is 5.11 Å². The molecule has 0 bridgehead atoms. The Kier molecular flexibility index (Phi) is 11.8. The molecule has 27 heavy (non-hydrogen) atoms. The molecule has 0 heterocycles. The van der Waals surface area contributed by atoms with Gasteiger partial charge in [0.2, 0.25) is 0 Å². The Morgan fingerprint density at radius 1 is 0.963 bits per heavy atom. The van der Waals surface area contributed by atoms with Crippen molar-refractivity contribution in [2.24, 2.45) is 29.1 Å². The largest absolute Gasteiger partial charge is 0.481 e. The summed E-state index contributed by atoms with van der Waals surface area (Å²) >= 11 is 0. The molecule has 4 atom stereocenters. The molecule has 1 N–H and O–H groups in total. The summed E-state index contributed by atoms with van der Waals surface area (Å²) in [5.74, 6) is 0.947. The fourth-order valence-corrected chi connectivity index (χ4v) is 6.24. The second-order valence-corrected chi connectivity index (χ2v) is 9.86. The summed E-state index contributed by atoms with van der Waals surface area (Å²) in [6, 6.07) is 0.